The van der Waals surface area contributed by atoms with Crippen molar-refractivity contribution in [1.82, 2.24) is 9.71 Å². The summed E-state index contributed by atoms with van der Waals surface area (Å²) in [7, 11) is -3.89. The van der Waals surface area contributed by atoms with Gasteiger partial charge in [-0.25, -0.2) is 17.9 Å². The molecule has 0 atom stereocenters. The summed E-state index contributed by atoms with van der Waals surface area (Å²) in [5, 5.41) is 8.25. The molecule has 0 aliphatic carbocycles. The summed E-state index contributed by atoms with van der Waals surface area (Å²) < 4.78 is 30.8. The van der Waals surface area contributed by atoms with E-state index in [4.69, 9.17) is 9.52 Å². The molecule has 2 N–H and O–H groups in total. The predicted molar refractivity (Wildman–Crippen MR) is 68.7 cm³/mol. The Bertz CT molecular complexity index is 719. The minimum absolute atomic E-state index is 0.0404. The third kappa shape index (κ3) is 3.22. The number of carboxylic acids is 1. The number of rotatable bonds is 5. The first-order valence-corrected chi connectivity index (χ1v) is 7.11. The smallest absolute Gasteiger partial charge is 0.371 e. The van der Waals surface area contributed by atoms with Gasteiger partial charge in [-0.2, -0.15) is 0 Å². The minimum Gasteiger partial charge on any atom is -0.475 e. The predicted octanol–water partition coefficient (Wildman–Crippen LogP) is 1.16. The minimum atomic E-state index is -3.89. The second-order valence-corrected chi connectivity index (χ2v) is 5.75. The number of pyridine rings is 1. The van der Waals surface area contributed by atoms with E-state index in [2.05, 4.69) is 9.71 Å². The van der Waals surface area contributed by atoms with Crippen LogP contribution in [0.15, 0.2) is 40.0 Å². The second kappa shape index (κ2) is 5.43. The molecule has 0 bridgehead atoms. The first kappa shape index (κ1) is 14.2. The van der Waals surface area contributed by atoms with Crippen LogP contribution in [0, 0.1) is 6.92 Å². The lowest BCUT2D eigenvalue weighted by Crippen LogP contribution is -2.22. The van der Waals surface area contributed by atoms with Crippen molar-refractivity contribution in [3.05, 3.63) is 47.5 Å². The van der Waals surface area contributed by atoms with E-state index in [0.29, 0.717) is 5.56 Å². The Morgan fingerprint density at radius 2 is 2.10 bits per heavy atom. The lowest BCUT2D eigenvalue weighted by molar-refractivity contribution is 0.0656. The average Bonchev–Trinajstić information content (AvgIpc) is 2.89. The van der Waals surface area contributed by atoms with Gasteiger partial charge in [-0.05, 0) is 30.7 Å². The van der Waals surface area contributed by atoms with E-state index in [1.807, 2.05) is 6.92 Å². The Morgan fingerprint density at radius 1 is 1.35 bits per heavy atom. The monoisotopic (exact) mass is 296 g/mol. The highest BCUT2D eigenvalue weighted by Gasteiger charge is 2.20. The van der Waals surface area contributed by atoms with Crippen LogP contribution in [0.3, 0.4) is 0 Å². The van der Waals surface area contributed by atoms with Crippen LogP contribution >= 0.6 is 0 Å². The maximum atomic E-state index is 11.9. The van der Waals surface area contributed by atoms with Crippen molar-refractivity contribution in [3.8, 4) is 0 Å². The van der Waals surface area contributed by atoms with E-state index in [1.165, 1.54) is 0 Å². The van der Waals surface area contributed by atoms with Gasteiger partial charge < -0.3 is 9.52 Å². The van der Waals surface area contributed by atoms with Gasteiger partial charge in [0.25, 0.3) is 10.0 Å². The topological polar surface area (TPSA) is 110 Å². The van der Waals surface area contributed by atoms with Crippen molar-refractivity contribution in [3.63, 3.8) is 0 Å². The fourth-order valence-corrected chi connectivity index (χ4v) is 2.38. The number of hydrogen-bond donors (Lipinski definition) is 2. The van der Waals surface area contributed by atoms with Crippen molar-refractivity contribution in [2.24, 2.45) is 0 Å². The Balaban J connectivity index is 2.10. The summed E-state index contributed by atoms with van der Waals surface area (Å²) in [4.78, 5) is 14.7. The molecule has 2 aromatic heterocycles. The largest absolute Gasteiger partial charge is 0.475 e. The molecule has 0 fully saturated rings. The van der Waals surface area contributed by atoms with Gasteiger partial charge in [0.2, 0.25) is 10.9 Å². The summed E-state index contributed by atoms with van der Waals surface area (Å²) in [5.74, 6) is -1.75. The second-order valence-electron chi connectivity index (χ2n) is 4.06. The summed E-state index contributed by atoms with van der Waals surface area (Å²) in [6.45, 7) is 1.86. The quantitative estimate of drug-likeness (QED) is 0.856. The van der Waals surface area contributed by atoms with Gasteiger partial charge in [0.1, 0.15) is 0 Å². The Kier molecular flexibility index (Phi) is 3.86. The van der Waals surface area contributed by atoms with Crippen molar-refractivity contribution >= 4 is 16.0 Å². The molecule has 20 heavy (non-hydrogen) atoms. The van der Waals surface area contributed by atoms with Gasteiger partial charge in [-0.15, -0.1) is 0 Å². The first-order valence-electron chi connectivity index (χ1n) is 5.63. The molecule has 0 unspecified atom stereocenters. The number of carboxylic acid groups (broad SMARTS) is 1. The number of nitrogens with one attached hydrogen (secondary N) is 1. The lowest BCUT2D eigenvalue weighted by Gasteiger charge is -2.04. The van der Waals surface area contributed by atoms with Gasteiger partial charge in [0, 0.05) is 18.4 Å². The van der Waals surface area contributed by atoms with Crippen molar-refractivity contribution in [2.75, 3.05) is 0 Å². The van der Waals surface area contributed by atoms with Crippen LogP contribution in [0.1, 0.15) is 21.8 Å². The molecular formula is C12H12N2O5S. The van der Waals surface area contributed by atoms with Crippen LogP contribution in [0.25, 0.3) is 0 Å². The molecule has 0 saturated heterocycles. The van der Waals surface area contributed by atoms with E-state index in [0.717, 1.165) is 17.8 Å². The number of aromatic nitrogens is 1. The molecule has 2 rings (SSSR count). The van der Waals surface area contributed by atoms with Crippen LogP contribution < -0.4 is 4.72 Å². The van der Waals surface area contributed by atoms with Crippen LogP contribution in [0.4, 0.5) is 0 Å². The molecular weight excluding hydrogens is 284 g/mol. The third-order valence-corrected chi connectivity index (χ3v) is 3.77. The zero-order valence-corrected chi connectivity index (χ0v) is 11.3. The normalized spacial score (nSPS) is 11.4. The maximum Gasteiger partial charge on any atom is 0.371 e. The number of aryl methyl sites for hydroxylation is 1. The molecule has 106 valence electrons. The molecule has 2 heterocycles. The number of furan rings is 1. The molecule has 0 aliphatic heterocycles. The standard InChI is InChI=1S/C12H12N2O5S/c1-8-2-3-9(6-13-8)7-14-20(17,18)11-5-4-10(19-11)12(15)16/h2-6,14H,7H2,1H3,(H,15,16). The highest BCUT2D eigenvalue weighted by molar-refractivity contribution is 7.89. The first-order chi connectivity index (χ1) is 9.38. The molecule has 0 spiro atoms. The Morgan fingerprint density at radius 3 is 2.65 bits per heavy atom. The van der Waals surface area contributed by atoms with Crippen LogP contribution in [0.2, 0.25) is 0 Å². The van der Waals surface area contributed by atoms with Crippen molar-refractivity contribution < 1.29 is 22.7 Å². The van der Waals surface area contributed by atoms with Crippen LogP contribution in [0.5, 0.6) is 0 Å². The van der Waals surface area contributed by atoms with E-state index in [-0.39, 0.29) is 6.54 Å². The van der Waals surface area contributed by atoms with Crippen molar-refractivity contribution in [2.45, 2.75) is 18.6 Å². The molecule has 0 radical (unpaired) electrons. The highest BCUT2D eigenvalue weighted by Crippen LogP contribution is 2.14. The SMILES string of the molecule is Cc1ccc(CNS(=O)(=O)c2ccc(C(=O)O)o2)cn1. The summed E-state index contributed by atoms with van der Waals surface area (Å²) in [6.07, 6.45) is 1.56. The molecule has 0 amide bonds. The van der Waals surface area contributed by atoms with E-state index in [9.17, 15) is 13.2 Å². The van der Waals surface area contributed by atoms with Gasteiger partial charge in [-0.1, -0.05) is 6.07 Å². The van der Waals surface area contributed by atoms with Gasteiger partial charge in [0.15, 0.2) is 0 Å². The van der Waals surface area contributed by atoms with E-state index in [1.54, 1.807) is 18.3 Å². The molecule has 0 saturated carbocycles. The van der Waals surface area contributed by atoms with Crippen molar-refractivity contribution in [1.29, 1.82) is 0 Å². The Hall–Kier alpha value is -2.19. The van der Waals surface area contributed by atoms with E-state index < -0.39 is 26.8 Å². The number of sulfonamides is 1. The number of nitrogens with zero attached hydrogens (tertiary/aromatic N) is 1. The fraction of sp³-hybridized carbons (Fsp3) is 0.167. The van der Waals surface area contributed by atoms with Gasteiger partial charge >= 0.3 is 5.97 Å². The summed E-state index contributed by atoms with van der Waals surface area (Å²) >= 11 is 0. The zero-order chi connectivity index (χ0) is 14.8. The molecule has 8 heteroatoms. The zero-order valence-electron chi connectivity index (χ0n) is 10.5. The summed E-state index contributed by atoms with van der Waals surface area (Å²) in [6, 6.07) is 5.69. The van der Waals surface area contributed by atoms with Gasteiger partial charge in [0.05, 0.1) is 0 Å². The average molecular weight is 296 g/mol. The molecule has 0 aromatic carbocycles. The fourth-order valence-electron chi connectivity index (χ4n) is 1.43. The number of aromatic carboxylic acids is 1. The molecule has 7 nitrogen and oxygen atoms in total. The lowest BCUT2D eigenvalue weighted by atomic mass is 10.2. The Labute approximate surface area is 115 Å². The molecule has 0 aliphatic rings. The number of carbonyl (C=O) groups is 1. The summed E-state index contributed by atoms with van der Waals surface area (Å²) in [5.41, 5.74) is 1.51. The van der Waals surface area contributed by atoms with Gasteiger partial charge in [-0.3, -0.25) is 4.98 Å². The highest BCUT2D eigenvalue weighted by atomic mass is 32.2. The van der Waals surface area contributed by atoms with Crippen LogP contribution in [-0.4, -0.2) is 24.5 Å². The third-order valence-electron chi connectivity index (χ3n) is 2.50. The van der Waals surface area contributed by atoms with E-state index >= 15 is 0 Å². The number of hydrogen-bond acceptors (Lipinski definition) is 5. The maximum absolute atomic E-state index is 11.9. The van der Waals surface area contributed by atoms with Crippen LogP contribution in [-0.2, 0) is 16.6 Å². The molecule has 2 aromatic rings.